The van der Waals surface area contributed by atoms with E-state index in [0.717, 1.165) is 5.56 Å². The van der Waals surface area contributed by atoms with Gasteiger partial charge in [0.25, 0.3) is 0 Å². The van der Waals surface area contributed by atoms with Crippen molar-refractivity contribution in [2.45, 2.75) is 19.4 Å². The second-order valence-electron chi connectivity index (χ2n) is 4.09. The minimum Gasteiger partial charge on any atom is -0.508 e. The number of rotatable bonds is 1. The Morgan fingerprint density at radius 3 is 2.71 bits per heavy atom. The number of carboxylic acids is 1. The van der Waals surface area contributed by atoms with Crippen molar-refractivity contribution >= 4 is 11.9 Å². The van der Waals surface area contributed by atoms with Crippen LogP contribution in [0.3, 0.4) is 0 Å². The van der Waals surface area contributed by atoms with Gasteiger partial charge in [-0.3, -0.25) is 4.79 Å². The highest BCUT2D eigenvalue weighted by Gasteiger charge is 2.34. The third-order valence-corrected chi connectivity index (χ3v) is 2.99. The average molecular weight is 235 g/mol. The molecule has 0 saturated carbocycles. The van der Waals surface area contributed by atoms with Gasteiger partial charge in [-0.1, -0.05) is 6.07 Å². The van der Waals surface area contributed by atoms with Crippen LogP contribution in [-0.2, 0) is 16.0 Å². The van der Waals surface area contributed by atoms with Crippen LogP contribution in [0.15, 0.2) is 18.2 Å². The highest BCUT2D eigenvalue weighted by atomic mass is 16.4. The van der Waals surface area contributed by atoms with Gasteiger partial charge in [0.2, 0.25) is 5.91 Å². The number of fused-ring (bicyclic) bond motifs is 1. The van der Waals surface area contributed by atoms with Gasteiger partial charge in [-0.15, -0.1) is 0 Å². The van der Waals surface area contributed by atoms with E-state index in [-0.39, 0.29) is 11.7 Å². The maximum Gasteiger partial charge on any atom is 0.331 e. The van der Waals surface area contributed by atoms with Crippen LogP contribution in [0.5, 0.6) is 5.75 Å². The van der Waals surface area contributed by atoms with E-state index in [1.54, 1.807) is 12.1 Å². The maximum absolute atomic E-state index is 11.4. The van der Waals surface area contributed by atoms with Crippen LogP contribution < -0.4 is 0 Å². The number of nitrogens with zero attached hydrogens (tertiary/aromatic N) is 1. The molecule has 0 radical (unpaired) electrons. The van der Waals surface area contributed by atoms with E-state index in [0.29, 0.717) is 18.5 Å². The Labute approximate surface area is 98.3 Å². The standard InChI is InChI=1S/C12H13NO4/c1-7(14)13-5-4-8-6-9(15)2-3-10(8)11(13)12(16)17/h2-3,6,11,15H,4-5H2,1H3,(H,16,17). The van der Waals surface area contributed by atoms with Crippen LogP contribution in [0, 0.1) is 0 Å². The molecule has 1 amide bonds. The highest BCUT2D eigenvalue weighted by Crippen LogP contribution is 2.32. The molecule has 0 spiro atoms. The normalized spacial score (nSPS) is 18.6. The number of hydrogen-bond acceptors (Lipinski definition) is 3. The lowest BCUT2D eigenvalue weighted by Gasteiger charge is -2.34. The summed E-state index contributed by atoms with van der Waals surface area (Å²) in [7, 11) is 0. The molecule has 1 aromatic rings. The molecular weight excluding hydrogens is 222 g/mol. The van der Waals surface area contributed by atoms with Gasteiger partial charge >= 0.3 is 5.97 Å². The number of carbonyl (C=O) groups is 2. The lowest BCUT2D eigenvalue weighted by Crippen LogP contribution is -2.42. The summed E-state index contributed by atoms with van der Waals surface area (Å²) < 4.78 is 0. The Balaban J connectivity index is 2.49. The Kier molecular flexibility index (Phi) is 2.75. The average Bonchev–Trinajstić information content (AvgIpc) is 2.26. The molecular formula is C12H13NO4. The minimum absolute atomic E-state index is 0.115. The lowest BCUT2D eigenvalue weighted by molar-refractivity contribution is -0.150. The molecule has 0 aliphatic carbocycles. The molecule has 5 nitrogen and oxygen atoms in total. The molecule has 5 heteroatoms. The molecule has 2 rings (SSSR count). The number of benzene rings is 1. The summed E-state index contributed by atoms with van der Waals surface area (Å²) in [4.78, 5) is 24.0. The number of aromatic hydroxyl groups is 1. The number of carboxylic acid groups (broad SMARTS) is 1. The number of amides is 1. The Morgan fingerprint density at radius 2 is 2.12 bits per heavy atom. The topological polar surface area (TPSA) is 77.8 Å². The van der Waals surface area contributed by atoms with Crippen molar-refractivity contribution < 1.29 is 19.8 Å². The zero-order valence-corrected chi connectivity index (χ0v) is 9.38. The Morgan fingerprint density at radius 1 is 1.41 bits per heavy atom. The van der Waals surface area contributed by atoms with E-state index in [4.69, 9.17) is 0 Å². The predicted molar refractivity (Wildman–Crippen MR) is 59.6 cm³/mol. The molecule has 1 heterocycles. The van der Waals surface area contributed by atoms with Gasteiger partial charge in [0, 0.05) is 13.5 Å². The zero-order valence-electron chi connectivity index (χ0n) is 9.38. The van der Waals surface area contributed by atoms with Crippen molar-refractivity contribution in [1.29, 1.82) is 0 Å². The quantitative estimate of drug-likeness (QED) is 0.758. The summed E-state index contributed by atoms with van der Waals surface area (Å²) in [5, 5.41) is 18.6. The maximum atomic E-state index is 11.4. The summed E-state index contributed by atoms with van der Waals surface area (Å²) in [5.74, 6) is -1.19. The smallest absolute Gasteiger partial charge is 0.331 e. The predicted octanol–water partition coefficient (Wildman–Crippen LogP) is 0.923. The first kappa shape index (κ1) is 11.4. The molecule has 1 aliphatic heterocycles. The van der Waals surface area contributed by atoms with Crippen LogP contribution in [0.25, 0.3) is 0 Å². The molecule has 0 fully saturated rings. The minimum atomic E-state index is -1.05. The number of phenols is 1. The van der Waals surface area contributed by atoms with E-state index >= 15 is 0 Å². The molecule has 17 heavy (non-hydrogen) atoms. The van der Waals surface area contributed by atoms with Crippen LogP contribution in [0.4, 0.5) is 0 Å². The van der Waals surface area contributed by atoms with E-state index < -0.39 is 12.0 Å². The molecule has 0 aromatic heterocycles. The van der Waals surface area contributed by atoms with Crippen LogP contribution in [0.1, 0.15) is 24.1 Å². The van der Waals surface area contributed by atoms with Gasteiger partial charge in [0.05, 0.1) is 0 Å². The zero-order chi connectivity index (χ0) is 12.6. The molecule has 0 bridgehead atoms. The van der Waals surface area contributed by atoms with Crippen molar-refractivity contribution in [2.75, 3.05) is 6.54 Å². The second-order valence-corrected chi connectivity index (χ2v) is 4.09. The van der Waals surface area contributed by atoms with Crippen LogP contribution in [0.2, 0.25) is 0 Å². The van der Waals surface area contributed by atoms with Crippen LogP contribution in [-0.4, -0.2) is 33.5 Å². The Bertz CT molecular complexity index is 483. The number of aliphatic carboxylic acids is 1. The Hall–Kier alpha value is -2.04. The summed E-state index contributed by atoms with van der Waals surface area (Å²) in [5.41, 5.74) is 1.37. The molecule has 1 aliphatic rings. The summed E-state index contributed by atoms with van der Waals surface area (Å²) in [6.45, 7) is 1.73. The fourth-order valence-electron chi connectivity index (χ4n) is 2.22. The molecule has 0 saturated heterocycles. The SMILES string of the molecule is CC(=O)N1CCc2cc(O)ccc2C1C(=O)O. The van der Waals surface area contributed by atoms with Crippen LogP contribution >= 0.6 is 0 Å². The first-order chi connectivity index (χ1) is 8.00. The van der Waals surface area contributed by atoms with Crippen molar-refractivity contribution in [2.24, 2.45) is 0 Å². The van der Waals surface area contributed by atoms with Gasteiger partial charge in [-0.25, -0.2) is 4.79 Å². The van der Waals surface area contributed by atoms with Crippen molar-refractivity contribution in [3.8, 4) is 5.75 Å². The first-order valence-electron chi connectivity index (χ1n) is 5.32. The third-order valence-electron chi connectivity index (χ3n) is 2.99. The summed E-state index contributed by atoms with van der Waals surface area (Å²) in [6.07, 6.45) is 0.563. The molecule has 2 N–H and O–H groups in total. The monoisotopic (exact) mass is 235 g/mol. The fourth-order valence-corrected chi connectivity index (χ4v) is 2.22. The van der Waals surface area contributed by atoms with E-state index in [2.05, 4.69) is 0 Å². The molecule has 1 aromatic carbocycles. The third kappa shape index (κ3) is 1.95. The molecule has 1 atom stereocenters. The van der Waals surface area contributed by atoms with Gasteiger partial charge in [0.1, 0.15) is 5.75 Å². The van der Waals surface area contributed by atoms with Gasteiger partial charge in [0.15, 0.2) is 6.04 Å². The van der Waals surface area contributed by atoms with Crippen molar-refractivity contribution in [1.82, 2.24) is 4.90 Å². The molecule has 1 unspecified atom stereocenters. The number of phenolic OH excluding ortho intramolecular Hbond substituents is 1. The first-order valence-corrected chi connectivity index (χ1v) is 5.32. The number of hydrogen-bond donors (Lipinski definition) is 2. The van der Waals surface area contributed by atoms with Crippen molar-refractivity contribution in [3.05, 3.63) is 29.3 Å². The largest absolute Gasteiger partial charge is 0.508 e. The summed E-state index contributed by atoms with van der Waals surface area (Å²) in [6, 6.07) is 3.62. The molecule has 90 valence electrons. The highest BCUT2D eigenvalue weighted by molar-refractivity contribution is 5.84. The van der Waals surface area contributed by atoms with E-state index in [1.165, 1.54) is 17.9 Å². The van der Waals surface area contributed by atoms with Gasteiger partial charge in [-0.05, 0) is 29.7 Å². The number of carbonyl (C=O) groups excluding carboxylic acids is 1. The van der Waals surface area contributed by atoms with E-state index in [9.17, 15) is 19.8 Å². The summed E-state index contributed by atoms with van der Waals surface area (Å²) >= 11 is 0. The lowest BCUT2D eigenvalue weighted by atomic mass is 9.92. The second kappa shape index (κ2) is 4.08. The van der Waals surface area contributed by atoms with E-state index in [1.807, 2.05) is 0 Å². The van der Waals surface area contributed by atoms with Crippen molar-refractivity contribution in [3.63, 3.8) is 0 Å². The fraction of sp³-hybridized carbons (Fsp3) is 0.333. The van der Waals surface area contributed by atoms with Gasteiger partial charge < -0.3 is 15.1 Å². The van der Waals surface area contributed by atoms with Gasteiger partial charge in [-0.2, -0.15) is 0 Å².